The fourth-order valence-corrected chi connectivity index (χ4v) is 2.62. The lowest BCUT2D eigenvalue weighted by molar-refractivity contribution is 0.613. The molecule has 0 amide bonds. The van der Waals surface area contributed by atoms with Crippen molar-refractivity contribution >= 4 is 11.4 Å². The minimum atomic E-state index is -0.219. The van der Waals surface area contributed by atoms with E-state index in [1.807, 2.05) is 20.0 Å². The van der Waals surface area contributed by atoms with Crippen molar-refractivity contribution < 1.29 is 4.39 Å². The molecule has 2 aromatic carbocycles. The molecule has 0 radical (unpaired) electrons. The molecular formula is C18H23FN2. The number of hydrogen-bond donors (Lipinski definition) is 1. The fraction of sp³-hybridized carbons (Fsp3) is 0.333. The van der Waals surface area contributed by atoms with Gasteiger partial charge in [0, 0.05) is 24.5 Å². The molecule has 1 atom stereocenters. The lowest BCUT2D eigenvalue weighted by Gasteiger charge is -2.25. The Labute approximate surface area is 126 Å². The average molecular weight is 286 g/mol. The molecule has 0 aliphatic heterocycles. The molecule has 0 unspecified atom stereocenters. The van der Waals surface area contributed by atoms with Crippen LogP contribution < -0.4 is 10.6 Å². The molecule has 0 spiro atoms. The summed E-state index contributed by atoms with van der Waals surface area (Å²) in [5.74, 6) is -0.208. The second-order valence-electron chi connectivity index (χ2n) is 5.85. The van der Waals surface area contributed by atoms with Crippen LogP contribution in [0.15, 0.2) is 30.3 Å². The van der Waals surface area contributed by atoms with E-state index in [2.05, 4.69) is 36.9 Å². The summed E-state index contributed by atoms with van der Waals surface area (Å²) in [6, 6.07) is 9.58. The van der Waals surface area contributed by atoms with Crippen molar-refractivity contribution in [2.75, 3.05) is 11.9 Å². The van der Waals surface area contributed by atoms with Crippen LogP contribution in [0.4, 0.5) is 15.8 Å². The first-order chi connectivity index (χ1) is 9.79. The second-order valence-corrected chi connectivity index (χ2v) is 5.85. The van der Waals surface area contributed by atoms with E-state index in [0.717, 1.165) is 16.9 Å². The summed E-state index contributed by atoms with van der Waals surface area (Å²) < 4.78 is 13.8. The first-order valence-electron chi connectivity index (χ1n) is 7.17. The van der Waals surface area contributed by atoms with Crippen LogP contribution in [-0.4, -0.2) is 7.05 Å². The van der Waals surface area contributed by atoms with Crippen molar-refractivity contribution in [1.82, 2.24) is 0 Å². The average Bonchev–Trinajstić information content (AvgIpc) is 2.39. The van der Waals surface area contributed by atoms with Gasteiger partial charge in [0.2, 0.25) is 0 Å². The molecule has 2 rings (SSSR count). The number of nitrogens with zero attached hydrogens (tertiary/aromatic N) is 1. The molecule has 21 heavy (non-hydrogen) atoms. The van der Waals surface area contributed by atoms with Crippen molar-refractivity contribution in [3.8, 4) is 0 Å². The van der Waals surface area contributed by atoms with Crippen LogP contribution in [-0.2, 0) is 0 Å². The Morgan fingerprint density at radius 2 is 1.57 bits per heavy atom. The summed E-state index contributed by atoms with van der Waals surface area (Å²) in [5.41, 5.74) is 11.9. The second kappa shape index (κ2) is 5.86. The van der Waals surface area contributed by atoms with Gasteiger partial charge in [-0.1, -0.05) is 6.07 Å². The van der Waals surface area contributed by atoms with Crippen LogP contribution in [0.3, 0.4) is 0 Å². The van der Waals surface area contributed by atoms with Gasteiger partial charge in [-0.2, -0.15) is 0 Å². The smallest absolute Gasteiger partial charge is 0.126 e. The number of anilines is 2. The van der Waals surface area contributed by atoms with Gasteiger partial charge in [0.15, 0.2) is 0 Å². The maximum absolute atomic E-state index is 13.8. The quantitative estimate of drug-likeness (QED) is 0.897. The monoisotopic (exact) mass is 286 g/mol. The Kier molecular flexibility index (Phi) is 4.33. The van der Waals surface area contributed by atoms with E-state index in [0.29, 0.717) is 5.56 Å². The molecule has 0 saturated heterocycles. The highest BCUT2D eigenvalue weighted by molar-refractivity contribution is 5.68. The van der Waals surface area contributed by atoms with Gasteiger partial charge in [0.05, 0.1) is 0 Å². The Balaban J connectivity index is 2.56. The van der Waals surface area contributed by atoms with E-state index in [-0.39, 0.29) is 11.9 Å². The van der Waals surface area contributed by atoms with Crippen LogP contribution in [0.25, 0.3) is 0 Å². The third kappa shape index (κ3) is 3.24. The summed E-state index contributed by atoms with van der Waals surface area (Å²) in [4.78, 5) is 2.07. The molecule has 2 nitrogen and oxygen atoms in total. The van der Waals surface area contributed by atoms with Crippen molar-refractivity contribution in [3.63, 3.8) is 0 Å². The highest BCUT2D eigenvalue weighted by atomic mass is 19.1. The van der Waals surface area contributed by atoms with Gasteiger partial charge in [-0.05, 0) is 74.2 Å². The first-order valence-corrected chi connectivity index (χ1v) is 7.17. The molecule has 2 N–H and O–H groups in total. The molecule has 0 bridgehead atoms. The summed E-state index contributed by atoms with van der Waals surface area (Å²) >= 11 is 0. The van der Waals surface area contributed by atoms with Crippen molar-refractivity contribution in [1.29, 1.82) is 0 Å². The van der Waals surface area contributed by atoms with Crippen molar-refractivity contribution in [3.05, 3.63) is 58.4 Å². The summed E-state index contributed by atoms with van der Waals surface area (Å²) in [7, 11) is 1.99. The predicted molar refractivity (Wildman–Crippen MR) is 87.7 cm³/mol. The molecule has 0 aliphatic rings. The third-order valence-corrected chi connectivity index (χ3v) is 3.75. The van der Waals surface area contributed by atoms with E-state index in [4.69, 9.17) is 5.73 Å². The van der Waals surface area contributed by atoms with Gasteiger partial charge < -0.3 is 10.6 Å². The summed E-state index contributed by atoms with van der Waals surface area (Å²) in [6.07, 6.45) is 0. The standard InChI is InChI=1S/C18H23FN2/c1-11-6-12(2)8-15(7-11)21(5)18-9-13(3)17(19)10-16(18)14(4)20/h6-10,14H,20H2,1-5H3/t14-/m0/s1. The predicted octanol–water partition coefficient (Wildman–Crippen LogP) is 4.54. The Morgan fingerprint density at radius 1 is 1.00 bits per heavy atom. The number of benzene rings is 2. The molecule has 2 aromatic rings. The SMILES string of the molecule is Cc1cc(C)cc(N(C)c2cc(C)c(F)cc2[C@H](C)N)c1. The van der Waals surface area contributed by atoms with E-state index in [1.54, 1.807) is 13.0 Å². The van der Waals surface area contributed by atoms with Gasteiger partial charge in [-0.25, -0.2) is 4.39 Å². The number of halogens is 1. The molecule has 112 valence electrons. The number of aryl methyl sites for hydroxylation is 3. The topological polar surface area (TPSA) is 29.3 Å². The Hall–Kier alpha value is -1.87. The molecule has 0 fully saturated rings. The van der Waals surface area contributed by atoms with E-state index < -0.39 is 0 Å². The minimum Gasteiger partial charge on any atom is -0.344 e. The molecule has 0 aliphatic carbocycles. The fourth-order valence-electron chi connectivity index (χ4n) is 2.62. The van der Waals surface area contributed by atoms with Crippen LogP contribution in [0, 0.1) is 26.6 Å². The lowest BCUT2D eigenvalue weighted by atomic mass is 10.0. The van der Waals surface area contributed by atoms with Crippen LogP contribution in [0.2, 0.25) is 0 Å². The number of hydrogen-bond acceptors (Lipinski definition) is 2. The lowest BCUT2D eigenvalue weighted by Crippen LogP contribution is -2.16. The van der Waals surface area contributed by atoms with Gasteiger partial charge in [0.1, 0.15) is 5.82 Å². The zero-order chi connectivity index (χ0) is 15.7. The number of nitrogens with two attached hydrogens (primary N) is 1. The van der Waals surface area contributed by atoms with Crippen molar-refractivity contribution in [2.24, 2.45) is 5.73 Å². The molecular weight excluding hydrogens is 263 g/mol. The summed E-state index contributed by atoms with van der Waals surface area (Å²) in [5, 5.41) is 0. The van der Waals surface area contributed by atoms with Crippen molar-refractivity contribution in [2.45, 2.75) is 33.7 Å². The van der Waals surface area contributed by atoms with E-state index in [9.17, 15) is 4.39 Å². The Morgan fingerprint density at radius 3 is 2.10 bits per heavy atom. The highest BCUT2D eigenvalue weighted by Crippen LogP contribution is 2.33. The molecule has 3 heteroatoms. The van der Waals surface area contributed by atoms with Gasteiger partial charge in [-0.15, -0.1) is 0 Å². The summed E-state index contributed by atoms with van der Waals surface area (Å²) in [6.45, 7) is 7.81. The Bertz CT molecular complexity index is 642. The molecule has 0 heterocycles. The minimum absolute atomic E-state index is 0.208. The van der Waals surface area contributed by atoms with Crippen LogP contribution >= 0.6 is 0 Å². The van der Waals surface area contributed by atoms with E-state index >= 15 is 0 Å². The zero-order valence-corrected chi connectivity index (χ0v) is 13.4. The zero-order valence-electron chi connectivity index (χ0n) is 13.4. The normalized spacial score (nSPS) is 12.3. The van der Waals surface area contributed by atoms with Gasteiger partial charge in [0.25, 0.3) is 0 Å². The van der Waals surface area contributed by atoms with Crippen LogP contribution in [0.1, 0.15) is 35.2 Å². The largest absolute Gasteiger partial charge is 0.344 e. The highest BCUT2D eigenvalue weighted by Gasteiger charge is 2.15. The number of rotatable bonds is 3. The van der Waals surface area contributed by atoms with Crippen LogP contribution in [0.5, 0.6) is 0 Å². The molecule has 0 saturated carbocycles. The van der Waals surface area contributed by atoms with Gasteiger partial charge >= 0.3 is 0 Å². The third-order valence-electron chi connectivity index (χ3n) is 3.75. The molecule has 0 aromatic heterocycles. The maximum atomic E-state index is 13.8. The first kappa shape index (κ1) is 15.5. The van der Waals surface area contributed by atoms with Gasteiger partial charge in [-0.3, -0.25) is 0 Å². The van der Waals surface area contributed by atoms with E-state index in [1.165, 1.54) is 11.1 Å². The maximum Gasteiger partial charge on any atom is 0.126 e.